The lowest BCUT2D eigenvalue weighted by molar-refractivity contribution is -0.383. The highest BCUT2D eigenvalue weighted by molar-refractivity contribution is 5.78. The zero-order valence-electron chi connectivity index (χ0n) is 20.0. The molecule has 1 saturated carbocycles. The number of hydrogen-bond donors (Lipinski definition) is 1. The predicted molar refractivity (Wildman–Crippen MR) is 130 cm³/mol. The van der Waals surface area contributed by atoms with Crippen LogP contribution in [0.2, 0.25) is 0 Å². The molecule has 35 heavy (non-hydrogen) atoms. The van der Waals surface area contributed by atoms with E-state index in [2.05, 4.69) is 20.9 Å². The van der Waals surface area contributed by atoms with Gasteiger partial charge in [0.15, 0.2) is 0 Å². The van der Waals surface area contributed by atoms with E-state index < -0.39 is 16.6 Å². The van der Waals surface area contributed by atoms with Gasteiger partial charge in [0.25, 0.3) is 0 Å². The molecule has 1 aliphatic heterocycles. The highest BCUT2D eigenvalue weighted by Crippen LogP contribution is 2.34. The van der Waals surface area contributed by atoms with Crippen molar-refractivity contribution in [2.45, 2.75) is 45.2 Å². The molecule has 0 atom stereocenters. The van der Waals surface area contributed by atoms with Crippen LogP contribution in [0.25, 0.3) is 0 Å². The lowest BCUT2D eigenvalue weighted by Gasteiger charge is -2.25. The number of nitrogens with two attached hydrogens (primary N) is 1. The number of hydrogen-bond acceptors (Lipinski definition) is 10. The fourth-order valence-corrected chi connectivity index (χ4v) is 4.42. The molecule has 2 aliphatic rings. The van der Waals surface area contributed by atoms with Gasteiger partial charge >= 0.3 is 17.7 Å². The van der Waals surface area contributed by atoms with Crippen LogP contribution in [0.1, 0.15) is 43.2 Å². The van der Waals surface area contributed by atoms with E-state index in [0.717, 1.165) is 50.0 Å². The van der Waals surface area contributed by atoms with Crippen LogP contribution in [0, 0.1) is 16.0 Å². The number of nitro groups is 1. The number of nitrogen functional groups attached to an aromatic ring is 1. The van der Waals surface area contributed by atoms with Crippen molar-refractivity contribution in [3.8, 4) is 6.01 Å². The minimum absolute atomic E-state index is 0.0346. The molecule has 0 unspecified atom stereocenters. The van der Waals surface area contributed by atoms with E-state index in [9.17, 15) is 14.9 Å². The maximum Gasteiger partial charge on any atom is 0.353 e. The van der Waals surface area contributed by atoms with Gasteiger partial charge in [-0.1, -0.05) is 30.7 Å². The van der Waals surface area contributed by atoms with E-state index in [4.69, 9.17) is 15.2 Å². The van der Waals surface area contributed by atoms with E-state index >= 15 is 0 Å². The van der Waals surface area contributed by atoms with Gasteiger partial charge in [-0.05, 0) is 55.8 Å². The largest absolute Gasteiger partial charge is 0.468 e. The Morgan fingerprint density at radius 1 is 1.23 bits per heavy atom. The van der Waals surface area contributed by atoms with Crippen LogP contribution < -0.4 is 15.4 Å². The van der Waals surface area contributed by atoms with E-state index in [-0.39, 0.29) is 30.7 Å². The monoisotopic (exact) mass is 484 g/mol. The molecule has 2 aromatic rings. The Kier molecular flexibility index (Phi) is 7.96. The van der Waals surface area contributed by atoms with Crippen LogP contribution in [-0.4, -0.2) is 59.1 Å². The first-order valence-electron chi connectivity index (χ1n) is 12.0. The van der Waals surface area contributed by atoms with E-state index in [1.54, 1.807) is 0 Å². The van der Waals surface area contributed by atoms with Gasteiger partial charge in [0, 0.05) is 13.1 Å². The van der Waals surface area contributed by atoms with Crippen LogP contribution >= 0.6 is 0 Å². The van der Waals surface area contributed by atoms with Crippen LogP contribution in [0.4, 0.5) is 17.3 Å². The summed E-state index contributed by atoms with van der Waals surface area (Å²) in [5.41, 5.74) is 7.53. The van der Waals surface area contributed by atoms with Gasteiger partial charge in [0.2, 0.25) is 11.6 Å². The second-order valence-electron chi connectivity index (χ2n) is 9.16. The Hall–Kier alpha value is -3.47. The van der Waals surface area contributed by atoms with Crippen molar-refractivity contribution >= 4 is 23.3 Å². The maximum absolute atomic E-state index is 12.2. The number of rotatable bonds is 11. The van der Waals surface area contributed by atoms with Gasteiger partial charge in [-0.25, -0.2) is 0 Å². The van der Waals surface area contributed by atoms with Crippen molar-refractivity contribution in [2.24, 2.45) is 5.92 Å². The standard InChI is InChI=1S/C24H32N6O5/c1-34-20(31)15-29(14-19-9-5-8-18(12-19)13-28-10-2-3-11-28)23-21(30(32)33)22(25)26-24(27-23)35-16-17-6-4-7-17/h5,8-9,12,17H,2-4,6-7,10-11,13-16H2,1H3,(H2,25,26,27). The molecule has 0 spiro atoms. The Morgan fingerprint density at radius 3 is 2.63 bits per heavy atom. The summed E-state index contributed by atoms with van der Waals surface area (Å²) in [5, 5.41) is 11.9. The number of anilines is 2. The van der Waals surface area contributed by atoms with Gasteiger partial charge in [-0.3, -0.25) is 19.8 Å². The van der Waals surface area contributed by atoms with Crippen LogP contribution in [0.15, 0.2) is 24.3 Å². The SMILES string of the molecule is COC(=O)CN(Cc1cccc(CN2CCCC2)c1)c1nc(OCC2CCC2)nc(N)c1[N+](=O)[O-]. The number of benzene rings is 1. The van der Waals surface area contributed by atoms with E-state index in [0.29, 0.717) is 12.5 Å². The number of aromatic nitrogens is 2. The Labute approximate surface area is 204 Å². The highest BCUT2D eigenvalue weighted by Gasteiger charge is 2.30. The number of carbonyl (C=O) groups is 1. The molecule has 188 valence electrons. The second-order valence-corrected chi connectivity index (χ2v) is 9.16. The summed E-state index contributed by atoms with van der Waals surface area (Å²) in [5.74, 6) is -0.507. The summed E-state index contributed by atoms with van der Waals surface area (Å²) < 4.78 is 10.6. The fourth-order valence-electron chi connectivity index (χ4n) is 4.42. The first kappa shape index (κ1) is 24.6. The fraction of sp³-hybridized carbons (Fsp3) is 0.542. The Morgan fingerprint density at radius 2 is 1.97 bits per heavy atom. The lowest BCUT2D eigenvalue weighted by atomic mass is 9.86. The van der Waals surface area contributed by atoms with Crippen molar-refractivity contribution < 1.29 is 19.2 Å². The molecule has 2 heterocycles. The molecule has 1 aliphatic carbocycles. The molecule has 0 amide bonds. The Balaban J connectivity index is 1.62. The molecule has 1 saturated heterocycles. The van der Waals surface area contributed by atoms with Gasteiger partial charge in [-0.2, -0.15) is 9.97 Å². The minimum atomic E-state index is -0.631. The lowest BCUT2D eigenvalue weighted by Crippen LogP contribution is -2.32. The summed E-state index contributed by atoms with van der Waals surface area (Å²) in [7, 11) is 1.27. The molecule has 4 rings (SSSR count). The number of esters is 1. The van der Waals surface area contributed by atoms with Crippen molar-refractivity contribution in [3.63, 3.8) is 0 Å². The van der Waals surface area contributed by atoms with Crippen molar-refractivity contribution in [1.29, 1.82) is 0 Å². The summed E-state index contributed by atoms with van der Waals surface area (Å²) in [6, 6.07) is 7.94. The van der Waals surface area contributed by atoms with Crippen LogP contribution in [-0.2, 0) is 22.6 Å². The van der Waals surface area contributed by atoms with Crippen LogP contribution in [0.5, 0.6) is 6.01 Å². The third-order valence-corrected chi connectivity index (χ3v) is 6.54. The summed E-state index contributed by atoms with van der Waals surface area (Å²) in [6.45, 7) is 3.37. The van der Waals surface area contributed by atoms with Gasteiger partial charge < -0.3 is 20.1 Å². The zero-order chi connectivity index (χ0) is 24.8. The maximum atomic E-state index is 12.2. The number of likely N-dealkylation sites (tertiary alicyclic amines) is 1. The average Bonchev–Trinajstić information content (AvgIpc) is 3.30. The molecular weight excluding hydrogens is 452 g/mol. The van der Waals surface area contributed by atoms with Gasteiger partial charge in [0.05, 0.1) is 18.6 Å². The topological polar surface area (TPSA) is 137 Å². The smallest absolute Gasteiger partial charge is 0.353 e. The summed E-state index contributed by atoms with van der Waals surface area (Å²) in [4.78, 5) is 35.7. The quantitative estimate of drug-likeness (QED) is 0.288. The third-order valence-electron chi connectivity index (χ3n) is 6.54. The number of ether oxygens (including phenoxy) is 2. The van der Waals surface area contributed by atoms with Crippen molar-refractivity contribution in [2.75, 3.05) is 44.0 Å². The molecule has 0 radical (unpaired) electrons. The number of nitrogens with zero attached hydrogens (tertiary/aromatic N) is 5. The van der Waals surface area contributed by atoms with E-state index in [1.807, 2.05) is 18.2 Å². The summed E-state index contributed by atoms with van der Waals surface area (Å²) in [6.07, 6.45) is 5.70. The highest BCUT2D eigenvalue weighted by atomic mass is 16.6. The summed E-state index contributed by atoms with van der Waals surface area (Å²) >= 11 is 0. The van der Waals surface area contributed by atoms with Crippen LogP contribution in [0.3, 0.4) is 0 Å². The second kappa shape index (κ2) is 11.3. The first-order chi connectivity index (χ1) is 16.9. The van der Waals surface area contributed by atoms with Gasteiger partial charge in [-0.15, -0.1) is 0 Å². The first-order valence-corrected chi connectivity index (χ1v) is 12.0. The zero-order valence-corrected chi connectivity index (χ0v) is 20.0. The number of methoxy groups -OCH3 is 1. The third kappa shape index (κ3) is 6.36. The molecule has 11 heteroatoms. The van der Waals surface area contributed by atoms with Crippen molar-refractivity contribution in [1.82, 2.24) is 14.9 Å². The molecule has 2 fully saturated rings. The molecule has 1 aromatic heterocycles. The molecule has 0 bridgehead atoms. The van der Waals surface area contributed by atoms with Gasteiger partial charge in [0.1, 0.15) is 6.54 Å². The Bertz CT molecular complexity index is 1050. The average molecular weight is 485 g/mol. The molecule has 1 aromatic carbocycles. The predicted octanol–water partition coefficient (Wildman–Crippen LogP) is 2.92. The molecule has 2 N–H and O–H groups in total. The van der Waals surface area contributed by atoms with E-state index in [1.165, 1.54) is 24.9 Å². The number of carbonyl (C=O) groups excluding carboxylic acids is 1. The molecule has 11 nitrogen and oxygen atoms in total. The normalized spacial score (nSPS) is 16.0. The molecular formula is C24H32N6O5. The van der Waals surface area contributed by atoms with Crippen molar-refractivity contribution in [3.05, 3.63) is 45.5 Å². The minimum Gasteiger partial charge on any atom is -0.468 e.